The number of benzene rings is 24. The summed E-state index contributed by atoms with van der Waals surface area (Å²) in [6.45, 7) is 0. The lowest BCUT2D eigenvalue weighted by Crippen LogP contribution is -1.94. The molecule has 0 aliphatic carbocycles. The summed E-state index contributed by atoms with van der Waals surface area (Å²) in [5, 5.41) is 37.6. The monoisotopic (exact) mass is 1890 g/mol. The van der Waals surface area contributed by atoms with Crippen LogP contribution in [0.4, 0.5) is 0 Å². The van der Waals surface area contributed by atoms with E-state index in [4.69, 9.17) is 35.3 Å². The second kappa shape index (κ2) is 30.7. The number of nitrogens with zero attached hydrogens (tertiary/aromatic N) is 4. The molecule has 36 rings (SSSR count). The quantitative estimate of drug-likeness (QED) is 0.171. The highest BCUT2D eigenvalue weighted by Gasteiger charge is 2.30. The zero-order valence-corrected chi connectivity index (χ0v) is 78.9. The van der Waals surface area contributed by atoms with Crippen LogP contribution in [0, 0.1) is 0 Å². The number of furan rings is 8. The molecule has 24 aromatic carbocycles. The second-order valence-electron chi connectivity index (χ2n) is 38.9. The van der Waals surface area contributed by atoms with Gasteiger partial charge in [-0.25, -0.2) is 0 Å². The largest absolute Gasteiger partial charge is 0.456 e. The highest BCUT2D eigenvalue weighted by Crippen LogP contribution is 2.52. The Morgan fingerprint density at radius 2 is 0.432 bits per heavy atom. The van der Waals surface area contributed by atoms with Crippen LogP contribution in [-0.2, 0) is 0 Å². The van der Waals surface area contributed by atoms with Crippen LogP contribution in [0.2, 0.25) is 0 Å². The molecule has 148 heavy (non-hydrogen) atoms. The average Bonchev–Trinajstić information content (AvgIpc) is 1.57. The molecule has 0 aliphatic heterocycles. The van der Waals surface area contributed by atoms with Gasteiger partial charge in [0, 0.05) is 152 Å². The number of aromatic nitrogens is 4. The van der Waals surface area contributed by atoms with Crippen LogP contribution in [0.1, 0.15) is 0 Å². The van der Waals surface area contributed by atoms with Gasteiger partial charge in [0.05, 0.1) is 49.5 Å². The Balaban J connectivity index is 0.0000000859. The van der Waals surface area contributed by atoms with Crippen molar-refractivity contribution < 1.29 is 35.3 Å². The summed E-state index contributed by atoms with van der Waals surface area (Å²) < 4.78 is 60.2. The van der Waals surface area contributed by atoms with Gasteiger partial charge in [-0.2, -0.15) is 0 Å². The topological polar surface area (TPSA) is 125 Å². The van der Waals surface area contributed by atoms with Gasteiger partial charge < -0.3 is 53.6 Å². The molecule has 0 spiro atoms. The van der Waals surface area contributed by atoms with E-state index in [0.29, 0.717) is 0 Å². The molecule has 0 fully saturated rings. The van der Waals surface area contributed by atoms with Crippen molar-refractivity contribution in [1.29, 1.82) is 0 Å². The van der Waals surface area contributed by atoms with Gasteiger partial charge in [0.2, 0.25) is 0 Å². The molecule has 0 unspecified atom stereocenters. The van der Waals surface area contributed by atoms with Crippen LogP contribution in [0.15, 0.2) is 496 Å². The number of fused-ring (bicyclic) bond motifs is 48. The average molecular weight is 1890 g/mol. The smallest absolute Gasteiger partial charge is 0.160 e. The molecule has 0 saturated heterocycles. The fraction of sp³-hybridized carbons (Fsp3) is 0. The van der Waals surface area contributed by atoms with Gasteiger partial charge in [-0.1, -0.05) is 291 Å². The van der Waals surface area contributed by atoms with Crippen LogP contribution in [-0.4, -0.2) is 18.3 Å². The Hall–Kier alpha value is -20.1. The minimum Gasteiger partial charge on any atom is -0.456 e. The van der Waals surface area contributed by atoms with Gasteiger partial charge in [0.1, 0.15) is 78.2 Å². The number of hydrogen-bond donors (Lipinski definition) is 0. The molecule has 0 atom stereocenters. The first-order chi connectivity index (χ1) is 73.4. The molecule has 0 amide bonds. The molecule has 12 heterocycles. The highest BCUT2D eigenvalue weighted by atomic mass is 16.4. The van der Waals surface area contributed by atoms with Gasteiger partial charge in [0.25, 0.3) is 0 Å². The lowest BCUT2D eigenvalue weighted by Gasteiger charge is -2.11. The van der Waals surface area contributed by atoms with Crippen LogP contribution < -0.4 is 0 Å². The summed E-state index contributed by atoms with van der Waals surface area (Å²) in [7, 11) is 0. The van der Waals surface area contributed by atoms with Crippen molar-refractivity contribution in [2.45, 2.75) is 0 Å². The molecule has 12 aromatic heterocycles. The summed E-state index contributed by atoms with van der Waals surface area (Å²) in [4.78, 5) is 0. The van der Waals surface area contributed by atoms with Crippen LogP contribution >= 0.6 is 0 Å². The van der Waals surface area contributed by atoms with E-state index in [0.717, 1.165) is 237 Å². The summed E-state index contributed by atoms with van der Waals surface area (Å²) in [6.07, 6.45) is 0. The maximum Gasteiger partial charge on any atom is 0.160 e. The van der Waals surface area contributed by atoms with Crippen molar-refractivity contribution in [3.63, 3.8) is 0 Å². The molecule has 0 radical (unpaired) electrons. The van der Waals surface area contributed by atoms with Crippen LogP contribution in [0.5, 0.6) is 0 Å². The lowest BCUT2D eigenvalue weighted by molar-refractivity contribution is 0.668. The third-order valence-corrected chi connectivity index (χ3v) is 31.1. The minimum absolute atomic E-state index is 0.894. The van der Waals surface area contributed by atoms with Crippen molar-refractivity contribution in [3.05, 3.63) is 461 Å². The molecule has 12 nitrogen and oxygen atoms in total. The SMILES string of the molecule is c1ccc2c(c1)ccc1c2c2ccc3c4ccccc4oc3c2n1-c1ccc2oc3ccccc3c2c1.c1ccc2c(c1)oc1ccc(-n3c4ccccc4c4c5ccccc5c5c6ccccc6oc5c43)cc12.c1ccc2c(c1)oc1ccc(-n3c4ccccc4c4c5oc6ccccc6c5c5ccccc5c43)cc12.c1ccc2cc3c(cc2c1)c1cc2oc4ccccc4c2cc1n3-c1ccc2oc3ccccc3c2c1. The first-order valence-electron chi connectivity index (χ1n) is 50.1. The summed E-state index contributed by atoms with van der Waals surface area (Å²) in [6, 6.07) is 162. The van der Waals surface area contributed by atoms with E-state index >= 15 is 0 Å². The Bertz CT molecular complexity index is 12000. The van der Waals surface area contributed by atoms with Gasteiger partial charge >= 0.3 is 0 Å². The van der Waals surface area contributed by atoms with Crippen molar-refractivity contribution in [1.82, 2.24) is 18.3 Å². The van der Waals surface area contributed by atoms with Gasteiger partial charge in [-0.05, 0) is 208 Å². The first-order valence-corrected chi connectivity index (χ1v) is 50.1. The van der Waals surface area contributed by atoms with Crippen molar-refractivity contribution in [3.8, 4) is 22.7 Å². The molecule has 0 aliphatic rings. The molecular weight excluding hydrogens is 1820 g/mol. The zero-order valence-electron chi connectivity index (χ0n) is 78.9. The van der Waals surface area contributed by atoms with Gasteiger partial charge in [-0.15, -0.1) is 0 Å². The Labute approximate surface area is 837 Å². The Kier molecular flexibility index (Phi) is 16.7. The fourth-order valence-electron chi connectivity index (χ4n) is 24.7. The molecule has 0 saturated carbocycles. The first kappa shape index (κ1) is 80.6. The van der Waals surface area contributed by atoms with Crippen molar-refractivity contribution in [2.75, 3.05) is 0 Å². The zero-order chi connectivity index (χ0) is 96.3. The van der Waals surface area contributed by atoms with E-state index in [1.165, 1.54) is 91.7 Å². The molecule has 12 heteroatoms. The summed E-state index contributed by atoms with van der Waals surface area (Å²) in [5.74, 6) is 0. The van der Waals surface area contributed by atoms with E-state index < -0.39 is 0 Å². The summed E-state index contributed by atoms with van der Waals surface area (Å²) in [5.41, 5.74) is 28.1. The molecule has 0 N–H and O–H groups in total. The second-order valence-corrected chi connectivity index (χ2v) is 38.9. The lowest BCUT2D eigenvalue weighted by atomic mass is 9.99. The number of hydrogen-bond acceptors (Lipinski definition) is 8. The van der Waals surface area contributed by atoms with E-state index in [1.807, 2.05) is 84.9 Å². The van der Waals surface area contributed by atoms with Crippen molar-refractivity contribution >= 4 is 306 Å². The molecule has 688 valence electrons. The van der Waals surface area contributed by atoms with E-state index in [2.05, 4.69) is 394 Å². The molecule has 0 bridgehead atoms. The predicted molar refractivity (Wildman–Crippen MR) is 611 cm³/mol. The maximum absolute atomic E-state index is 6.67. The predicted octanol–water partition coefficient (Wildman–Crippen LogP) is 38.9. The molecule has 36 aromatic rings. The van der Waals surface area contributed by atoms with Gasteiger partial charge in [-0.3, -0.25) is 0 Å². The maximum atomic E-state index is 6.67. The minimum atomic E-state index is 0.894. The Morgan fingerprint density at radius 3 is 0.939 bits per heavy atom. The standard InChI is InChI=1S/4C34H19NO2/c1-2-11-23-22(10-1)31-25-13-5-8-16-29(25)37-34(31)32-24-12-3-6-14-27(24)35(33(23)32)20-17-18-30-26(19-20)21-9-4-7-15-28(21)36-30;1-2-11-23-22(10-1)31-24-12-3-6-14-27(24)35(33(31)34-32(23)25-13-5-8-16-29(25)37-34)20-17-18-30-26(19-20)21-9-4-7-15-28(21)36-30;1-2-8-22-20(7-1)13-17-28-32(22)26-16-15-25-23-9-3-6-12-30(23)37-34(25)33(26)35(28)21-14-18-31-27(19-21)24-10-4-5-11-29(24)36-31;1-2-8-21-16-29-25(15-20(21)7-1)26-19-34-28(24-10-4-6-12-32(24)37-34)18-30(26)35(29)22-13-14-33-27(17-22)23-9-3-5-11-31(23)36-33/h4*1-19H. The highest BCUT2D eigenvalue weighted by molar-refractivity contribution is 6.38. The molecular formula is C136H76N4O8. The van der Waals surface area contributed by atoms with E-state index in [-0.39, 0.29) is 0 Å². The summed E-state index contributed by atoms with van der Waals surface area (Å²) >= 11 is 0. The fourth-order valence-corrected chi connectivity index (χ4v) is 24.7. The van der Waals surface area contributed by atoms with Crippen molar-refractivity contribution in [2.24, 2.45) is 0 Å². The third-order valence-electron chi connectivity index (χ3n) is 31.1. The number of para-hydroxylation sites is 10. The normalized spacial score (nSPS) is 12.3. The van der Waals surface area contributed by atoms with E-state index in [1.54, 1.807) is 0 Å². The third kappa shape index (κ3) is 11.6. The van der Waals surface area contributed by atoms with Gasteiger partial charge in [0.15, 0.2) is 11.2 Å². The van der Waals surface area contributed by atoms with E-state index in [9.17, 15) is 0 Å². The van der Waals surface area contributed by atoms with Crippen LogP contribution in [0.3, 0.4) is 0 Å². The number of rotatable bonds is 4. The van der Waals surface area contributed by atoms with Crippen LogP contribution in [0.25, 0.3) is 329 Å². The Morgan fingerprint density at radius 1 is 0.115 bits per heavy atom.